The van der Waals surface area contributed by atoms with Gasteiger partial charge in [0, 0.05) is 53.9 Å². The molecule has 182 valence electrons. The van der Waals surface area contributed by atoms with Crippen molar-refractivity contribution in [1.82, 2.24) is 15.0 Å². The van der Waals surface area contributed by atoms with Crippen LogP contribution in [0, 0.1) is 11.7 Å². The number of fused-ring (bicyclic) bond motifs is 1. The second-order valence-corrected chi connectivity index (χ2v) is 10.8. The largest absolute Gasteiger partial charge is 0.378 e. The molecule has 4 aromatic rings. The maximum atomic E-state index is 15.3. The molecule has 2 atom stereocenters. The number of piperidine rings is 1. The van der Waals surface area contributed by atoms with E-state index in [1.165, 1.54) is 11.3 Å². The SMILES string of the molecule is OC(c1cccs1)(c1nccs1)C1CCCN(c2ncnc3cc(N4CCOCC4)c(F)cc23)C1. The number of thiophene rings is 1. The second kappa shape index (κ2) is 9.42. The van der Waals surface area contributed by atoms with Crippen molar-refractivity contribution >= 4 is 45.1 Å². The van der Waals surface area contributed by atoms with Crippen molar-refractivity contribution in [2.75, 3.05) is 49.2 Å². The Morgan fingerprint density at radius 3 is 2.71 bits per heavy atom. The lowest BCUT2D eigenvalue weighted by Gasteiger charge is -2.41. The molecule has 0 bridgehead atoms. The van der Waals surface area contributed by atoms with Crippen molar-refractivity contribution in [1.29, 1.82) is 0 Å². The van der Waals surface area contributed by atoms with Crippen molar-refractivity contribution in [2.45, 2.75) is 18.4 Å². The molecule has 7 nitrogen and oxygen atoms in total. The van der Waals surface area contributed by atoms with E-state index in [9.17, 15) is 5.11 Å². The molecule has 1 N–H and O–H groups in total. The highest BCUT2D eigenvalue weighted by molar-refractivity contribution is 7.11. The summed E-state index contributed by atoms with van der Waals surface area (Å²) in [5, 5.41) is 17.4. The predicted octanol–water partition coefficient (Wildman–Crippen LogP) is 4.28. The molecular weight excluding hydrogens is 485 g/mol. The van der Waals surface area contributed by atoms with E-state index in [4.69, 9.17) is 4.74 Å². The highest BCUT2D eigenvalue weighted by Crippen LogP contribution is 2.44. The molecular formula is C25H26FN5O2S2. The van der Waals surface area contributed by atoms with Crippen LogP contribution in [0.1, 0.15) is 22.7 Å². The summed E-state index contributed by atoms with van der Waals surface area (Å²) >= 11 is 3.02. The summed E-state index contributed by atoms with van der Waals surface area (Å²) < 4.78 is 20.7. The third kappa shape index (κ3) is 4.08. The van der Waals surface area contributed by atoms with Crippen molar-refractivity contribution in [3.63, 3.8) is 0 Å². The summed E-state index contributed by atoms with van der Waals surface area (Å²) in [7, 11) is 0. The highest BCUT2D eigenvalue weighted by atomic mass is 32.1. The zero-order chi connectivity index (χ0) is 23.8. The first-order chi connectivity index (χ1) is 17.1. The van der Waals surface area contributed by atoms with E-state index in [1.807, 2.05) is 33.9 Å². The summed E-state index contributed by atoms with van der Waals surface area (Å²) in [4.78, 5) is 18.6. The minimum Gasteiger partial charge on any atom is -0.378 e. The van der Waals surface area contributed by atoms with Gasteiger partial charge >= 0.3 is 0 Å². The third-order valence-electron chi connectivity index (χ3n) is 7.00. The average Bonchev–Trinajstić information content (AvgIpc) is 3.64. The second-order valence-electron chi connectivity index (χ2n) is 8.98. The fourth-order valence-corrected chi connectivity index (χ4v) is 7.05. The average molecular weight is 512 g/mol. The molecule has 10 heteroatoms. The monoisotopic (exact) mass is 511 g/mol. The molecule has 1 aromatic carbocycles. The molecule has 0 saturated carbocycles. The Labute approximate surface area is 210 Å². The number of hydrogen-bond acceptors (Lipinski definition) is 9. The molecule has 2 aliphatic rings. The van der Waals surface area contributed by atoms with Crippen LogP contribution in [0.15, 0.2) is 47.5 Å². The van der Waals surface area contributed by atoms with E-state index in [2.05, 4.69) is 19.9 Å². The first-order valence-corrected chi connectivity index (χ1v) is 13.6. The topological polar surface area (TPSA) is 74.6 Å². The van der Waals surface area contributed by atoms with Crippen LogP contribution in [-0.2, 0) is 10.3 Å². The number of thiazole rings is 1. The van der Waals surface area contributed by atoms with Gasteiger partial charge in [0.1, 0.15) is 23.0 Å². The van der Waals surface area contributed by atoms with Crippen LogP contribution in [0.25, 0.3) is 10.9 Å². The first-order valence-electron chi connectivity index (χ1n) is 11.8. The van der Waals surface area contributed by atoms with Gasteiger partial charge in [0.15, 0.2) is 5.60 Å². The van der Waals surface area contributed by atoms with Gasteiger partial charge in [0.05, 0.1) is 24.4 Å². The van der Waals surface area contributed by atoms with Gasteiger partial charge in [0.2, 0.25) is 0 Å². The Kier molecular flexibility index (Phi) is 6.13. The minimum absolute atomic E-state index is 0.0801. The zero-order valence-electron chi connectivity index (χ0n) is 19.1. The van der Waals surface area contributed by atoms with E-state index in [1.54, 1.807) is 29.9 Å². The quantitative estimate of drug-likeness (QED) is 0.429. The number of hydrogen-bond donors (Lipinski definition) is 1. The van der Waals surface area contributed by atoms with Gasteiger partial charge < -0.3 is 19.6 Å². The predicted molar refractivity (Wildman–Crippen MR) is 137 cm³/mol. The molecule has 6 rings (SSSR count). The smallest absolute Gasteiger partial charge is 0.154 e. The van der Waals surface area contributed by atoms with Crippen molar-refractivity contribution in [3.8, 4) is 0 Å². The summed E-state index contributed by atoms with van der Waals surface area (Å²) in [6.07, 6.45) is 5.05. The lowest BCUT2D eigenvalue weighted by molar-refractivity contribution is 0.0127. The van der Waals surface area contributed by atoms with Crippen LogP contribution >= 0.6 is 22.7 Å². The normalized spacial score (nSPS) is 20.8. The van der Waals surface area contributed by atoms with E-state index < -0.39 is 5.60 Å². The fourth-order valence-electron chi connectivity index (χ4n) is 5.25. The Hall–Kier alpha value is -2.66. The summed E-state index contributed by atoms with van der Waals surface area (Å²) in [5.74, 6) is 0.352. The summed E-state index contributed by atoms with van der Waals surface area (Å²) in [6, 6.07) is 7.32. The van der Waals surface area contributed by atoms with Crippen LogP contribution in [-0.4, -0.2) is 59.5 Å². The molecule has 5 heterocycles. The minimum atomic E-state index is -1.17. The van der Waals surface area contributed by atoms with Crippen molar-refractivity contribution in [3.05, 3.63) is 63.3 Å². The molecule has 2 saturated heterocycles. The number of nitrogens with zero attached hydrogens (tertiary/aromatic N) is 5. The molecule has 0 amide bonds. The standard InChI is InChI=1S/C25H26FN5O2S2/c26-19-13-18-20(14-21(19)30-7-9-33-10-8-30)28-16-29-23(18)31-6-1-3-17(15-31)25(32,22-4-2-11-34-22)24-27-5-12-35-24/h2,4-5,11-14,16-17,32H,1,3,6-10,15H2. The number of anilines is 2. The Bertz CT molecular complexity index is 1260. The summed E-state index contributed by atoms with van der Waals surface area (Å²) in [6.45, 7) is 3.88. The molecule has 35 heavy (non-hydrogen) atoms. The zero-order valence-corrected chi connectivity index (χ0v) is 20.8. The molecule has 0 radical (unpaired) electrons. The van der Waals surface area contributed by atoms with Gasteiger partial charge in [-0.25, -0.2) is 19.3 Å². The molecule has 0 aliphatic carbocycles. The number of aliphatic hydroxyl groups is 1. The lowest BCUT2D eigenvalue weighted by atomic mass is 9.80. The van der Waals surface area contributed by atoms with Crippen LogP contribution < -0.4 is 9.80 Å². The van der Waals surface area contributed by atoms with Gasteiger partial charge in [-0.05, 0) is 36.4 Å². The lowest BCUT2D eigenvalue weighted by Crippen LogP contribution is -2.47. The number of ether oxygens (including phenoxy) is 1. The van der Waals surface area contributed by atoms with Gasteiger partial charge in [0.25, 0.3) is 0 Å². The highest BCUT2D eigenvalue weighted by Gasteiger charge is 2.45. The number of aromatic nitrogens is 3. The number of benzene rings is 1. The maximum absolute atomic E-state index is 15.3. The van der Waals surface area contributed by atoms with Gasteiger partial charge in [-0.1, -0.05) is 6.07 Å². The number of rotatable bonds is 5. The van der Waals surface area contributed by atoms with Gasteiger partial charge in [-0.3, -0.25) is 0 Å². The van der Waals surface area contributed by atoms with Crippen molar-refractivity contribution in [2.24, 2.45) is 5.92 Å². The van der Waals surface area contributed by atoms with E-state index in [0.717, 1.165) is 24.3 Å². The number of halogens is 1. The van der Waals surface area contributed by atoms with E-state index in [-0.39, 0.29) is 11.7 Å². The van der Waals surface area contributed by atoms with Crippen molar-refractivity contribution < 1.29 is 14.2 Å². The van der Waals surface area contributed by atoms with Gasteiger partial charge in [-0.15, -0.1) is 22.7 Å². The molecule has 2 fully saturated rings. The number of morpholine rings is 1. The molecule has 0 spiro atoms. The molecule has 3 aromatic heterocycles. The van der Waals surface area contributed by atoms with Gasteiger partial charge in [-0.2, -0.15) is 0 Å². The van der Waals surface area contributed by atoms with Crippen LogP contribution in [0.4, 0.5) is 15.9 Å². The van der Waals surface area contributed by atoms with Crippen LogP contribution in [0.3, 0.4) is 0 Å². The Morgan fingerprint density at radius 1 is 1.06 bits per heavy atom. The van der Waals surface area contributed by atoms with E-state index in [0.29, 0.717) is 60.3 Å². The fraction of sp³-hybridized carbons (Fsp3) is 0.400. The summed E-state index contributed by atoms with van der Waals surface area (Å²) in [5.41, 5.74) is 0.102. The third-order valence-corrected chi connectivity index (χ3v) is 8.89. The molecule has 2 unspecified atom stereocenters. The van der Waals surface area contributed by atoms with E-state index >= 15 is 4.39 Å². The molecule has 2 aliphatic heterocycles. The van der Waals surface area contributed by atoms with Crippen LogP contribution in [0.2, 0.25) is 0 Å². The maximum Gasteiger partial charge on any atom is 0.154 e. The first kappa shape index (κ1) is 22.8. The Morgan fingerprint density at radius 2 is 1.94 bits per heavy atom. The Balaban J connectivity index is 1.35. The van der Waals surface area contributed by atoms with Crippen LogP contribution in [0.5, 0.6) is 0 Å².